The van der Waals surface area contributed by atoms with E-state index in [1.165, 1.54) is 35.2 Å². The number of halogens is 1. The number of benzene rings is 2. The van der Waals surface area contributed by atoms with Gasteiger partial charge in [0.15, 0.2) is 15.8 Å². The fourth-order valence-corrected chi connectivity index (χ4v) is 4.14. The molecule has 0 aliphatic carbocycles. The molecule has 9 heteroatoms. The van der Waals surface area contributed by atoms with Crippen molar-refractivity contribution in [2.24, 2.45) is 0 Å². The van der Waals surface area contributed by atoms with Crippen LogP contribution in [0.2, 0.25) is 0 Å². The summed E-state index contributed by atoms with van der Waals surface area (Å²) in [5.74, 6) is 1.10. The van der Waals surface area contributed by atoms with E-state index in [1.807, 2.05) is 19.9 Å². The third kappa shape index (κ3) is 5.91. The molecule has 0 saturated carbocycles. The van der Waals surface area contributed by atoms with Gasteiger partial charge in [0.05, 0.1) is 13.2 Å². The lowest BCUT2D eigenvalue weighted by Crippen LogP contribution is -2.12. The summed E-state index contributed by atoms with van der Waals surface area (Å²) in [6.45, 7) is 4.72. The van der Waals surface area contributed by atoms with Gasteiger partial charge in [-0.1, -0.05) is 35.2 Å². The first-order valence-corrected chi connectivity index (χ1v) is 10.8. The molecule has 0 spiro atoms. The summed E-state index contributed by atoms with van der Waals surface area (Å²) >= 11 is 2.70. The highest BCUT2D eigenvalue weighted by Crippen LogP contribution is 2.31. The number of hydrogen-bond donors (Lipinski definition) is 1. The van der Waals surface area contributed by atoms with E-state index in [9.17, 15) is 9.18 Å². The molecule has 0 aliphatic rings. The first-order valence-electron chi connectivity index (χ1n) is 9.00. The van der Waals surface area contributed by atoms with Gasteiger partial charge in [0.2, 0.25) is 5.13 Å². The van der Waals surface area contributed by atoms with Crippen LogP contribution in [0.1, 0.15) is 29.8 Å². The molecule has 3 rings (SSSR count). The second-order valence-corrected chi connectivity index (χ2v) is 7.97. The van der Waals surface area contributed by atoms with E-state index in [4.69, 9.17) is 9.47 Å². The van der Waals surface area contributed by atoms with Crippen molar-refractivity contribution in [1.82, 2.24) is 10.2 Å². The van der Waals surface area contributed by atoms with Crippen LogP contribution in [0.5, 0.6) is 11.5 Å². The highest BCUT2D eigenvalue weighted by molar-refractivity contribution is 8.00. The minimum Gasteiger partial charge on any atom is -0.490 e. The van der Waals surface area contributed by atoms with Gasteiger partial charge in [0.25, 0.3) is 5.91 Å². The zero-order valence-electron chi connectivity index (χ0n) is 16.0. The van der Waals surface area contributed by atoms with Crippen LogP contribution in [0, 0.1) is 5.82 Å². The van der Waals surface area contributed by atoms with Crippen molar-refractivity contribution < 1.29 is 18.7 Å². The number of carbonyl (C=O) groups is 1. The number of nitrogens with zero attached hydrogens (tertiary/aromatic N) is 2. The van der Waals surface area contributed by atoms with Crippen molar-refractivity contribution in [3.05, 3.63) is 59.4 Å². The predicted molar refractivity (Wildman–Crippen MR) is 113 cm³/mol. The van der Waals surface area contributed by atoms with Gasteiger partial charge < -0.3 is 9.47 Å². The summed E-state index contributed by atoms with van der Waals surface area (Å²) in [6.07, 6.45) is 0. The monoisotopic (exact) mass is 433 g/mol. The third-order valence-electron chi connectivity index (χ3n) is 3.68. The molecule has 0 saturated heterocycles. The molecular weight excluding hydrogens is 413 g/mol. The minimum atomic E-state index is -0.313. The summed E-state index contributed by atoms with van der Waals surface area (Å²) < 4.78 is 25.0. The molecule has 1 N–H and O–H groups in total. The quantitative estimate of drug-likeness (QED) is 0.377. The van der Waals surface area contributed by atoms with Crippen LogP contribution in [-0.4, -0.2) is 29.3 Å². The van der Waals surface area contributed by atoms with Crippen molar-refractivity contribution >= 4 is 34.1 Å². The lowest BCUT2D eigenvalue weighted by atomic mass is 10.2. The molecule has 1 aromatic heterocycles. The lowest BCUT2D eigenvalue weighted by molar-refractivity contribution is 0.102. The van der Waals surface area contributed by atoms with E-state index in [0.717, 1.165) is 5.56 Å². The van der Waals surface area contributed by atoms with Gasteiger partial charge in [-0.05, 0) is 49.7 Å². The number of ether oxygens (including phenoxy) is 2. The number of carbonyl (C=O) groups excluding carboxylic acids is 1. The Kier molecular flexibility index (Phi) is 7.42. The first kappa shape index (κ1) is 21.1. The molecule has 1 heterocycles. The predicted octanol–water partition coefficient (Wildman–Crippen LogP) is 5.02. The molecule has 29 heavy (non-hydrogen) atoms. The van der Waals surface area contributed by atoms with Crippen molar-refractivity contribution in [3.8, 4) is 11.5 Å². The number of rotatable bonds is 9. The number of nitrogens with one attached hydrogen (secondary N) is 1. The largest absolute Gasteiger partial charge is 0.490 e. The standard InChI is InChI=1S/C20H20FN3O3S2/c1-3-26-16-9-8-14(11-17(16)27-4-2)18(25)22-19-23-24-20(29-19)28-12-13-6-5-7-15(21)10-13/h5-11H,3-4,12H2,1-2H3,(H,22,23,25). The fraction of sp³-hybridized carbons (Fsp3) is 0.250. The second-order valence-electron chi connectivity index (χ2n) is 5.77. The zero-order valence-corrected chi connectivity index (χ0v) is 17.6. The molecule has 152 valence electrons. The van der Waals surface area contributed by atoms with Crippen LogP contribution in [0.25, 0.3) is 0 Å². The molecule has 0 fully saturated rings. The van der Waals surface area contributed by atoms with E-state index in [1.54, 1.807) is 24.3 Å². The highest BCUT2D eigenvalue weighted by atomic mass is 32.2. The van der Waals surface area contributed by atoms with Crippen molar-refractivity contribution in [2.45, 2.75) is 23.9 Å². The molecular formula is C20H20FN3O3S2. The van der Waals surface area contributed by atoms with Crippen LogP contribution in [0.4, 0.5) is 9.52 Å². The SMILES string of the molecule is CCOc1ccc(C(=O)Nc2nnc(SCc3cccc(F)c3)s2)cc1OCC. The Balaban J connectivity index is 1.63. The first-order chi connectivity index (χ1) is 14.1. The van der Waals surface area contributed by atoms with Crippen LogP contribution in [-0.2, 0) is 5.75 Å². The summed E-state index contributed by atoms with van der Waals surface area (Å²) in [6, 6.07) is 11.4. The van der Waals surface area contributed by atoms with Gasteiger partial charge in [0.1, 0.15) is 5.82 Å². The number of aromatic nitrogens is 2. The second kappa shape index (κ2) is 10.2. The van der Waals surface area contributed by atoms with E-state index >= 15 is 0 Å². The third-order valence-corrected chi connectivity index (χ3v) is 5.73. The van der Waals surface area contributed by atoms with Crippen LogP contribution in [0.3, 0.4) is 0 Å². The Morgan fingerprint density at radius 3 is 2.66 bits per heavy atom. The summed E-state index contributed by atoms with van der Waals surface area (Å²) in [7, 11) is 0. The molecule has 6 nitrogen and oxygen atoms in total. The number of amides is 1. The Bertz CT molecular complexity index is 981. The van der Waals surface area contributed by atoms with E-state index in [2.05, 4.69) is 15.5 Å². The molecule has 2 aromatic carbocycles. The maximum atomic E-state index is 13.2. The van der Waals surface area contributed by atoms with E-state index < -0.39 is 0 Å². The Labute approximate surface area is 176 Å². The molecule has 0 aliphatic heterocycles. The fourth-order valence-electron chi connectivity index (χ4n) is 2.45. The van der Waals surface area contributed by atoms with Gasteiger partial charge in [-0.25, -0.2) is 4.39 Å². The summed E-state index contributed by atoms with van der Waals surface area (Å²) in [5, 5.41) is 11.2. The Morgan fingerprint density at radius 2 is 1.90 bits per heavy atom. The van der Waals surface area contributed by atoms with Crippen LogP contribution in [0.15, 0.2) is 46.8 Å². The molecule has 0 radical (unpaired) electrons. The van der Waals surface area contributed by atoms with E-state index in [-0.39, 0.29) is 11.7 Å². The molecule has 0 atom stereocenters. The molecule has 0 bridgehead atoms. The lowest BCUT2D eigenvalue weighted by Gasteiger charge is -2.12. The molecule has 0 unspecified atom stereocenters. The Hall–Kier alpha value is -2.65. The topological polar surface area (TPSA) is 73.3 Å². The molecule has 1 amide bonds. The van der Waals surface area contributed by atoms with Gasteiger partial charge in [0, 0.05) is 11.3 Å². The van der Waals surface area contributed by atoms with E-state index in [0.29, 0.717) is 45.5 Å². The van der Waals surface area contributed by atoms with Crippen LogP contribution >= 0.6 is 23.1 Å². The Morgan fingerprint density at radius 1 is 1.10 bits per heavy atom. The van der Waals surface area contributed by atoms with Gasteiger partial charge >= 0.3 is 0 Å². The average molecular weight is 434 g/mol. The van der Waals surface area contributed by atoms with Gasteiger partial charge in [-0.2, -0.15) is 0 Å². The van der Waals surface area contributed by atoms with Gasteiger partial charge in [-0.15, -0.1) is 10.2 Å². The summed E-state index contributed by atoms with van der Waals surface area (Å²) in [4.78, 5) is 12.5. The average Bonchev–Trinajstić information content (AvgIpc) is 3.15. The van der Waals surface area contributed by atoms with Gasteiger partial charge in [-0.3, -0.25) is 10.1 Å². The minimum absolute atomic E-state index is 0.268. The number of hydrogen-bond acceptors (Lipinski definition) is 7. The van der Waals surface area contributed by atoms with Crippen molar-refractivity contribution in [2.75, 3.05) is 18.5 Å². The smallest absolute Gasteiger partial charge is 0.257 e. The maximum absolute atomic E-state index is 13.2. The van der Waals surface area contributed by atoms with Crippen molar-refractivity contribution in [1.29, 1.82) is 0 Å². The number of anilines is 1. The highest BCUT2D eigenvalue weighted by Gasteiger charge is 2.14. The summed E-state index contributed by atoms with van der Waals surface area (Å²) in [5.41, 5.74) is 1.29. The zero-order chi connectivity index (χ0) is 20.6. The normalized spacial score (nSPS) is 10.6. The van der Waals surface area contributed by atoms with Crippen molar-refractivity contribution in [3.63, 3.8) is 0 Å². The number of thioether (sulfide) groups is 1. The van der Waals surface area contributed by atoms with Crippen LogP contribution < -0.4 is 14.8 Å². The molecule has 3 aromatic rings. The maximum Gasteiger partial charge on any atom is 0.257 e.